The largest absolute Gasteiger partial charge is 0.361 e. The van der Waals surface area contributed by atoms with Crippen LogP contribution in [-0.4, -0.2) is 22.9 Å². The Morgan fingerprint density at radius 2 is 2.14 bits per heavy atom. The van der Waals surface area contributed by atoms with Gasteiger partial charge in [0.25, 0.3) is 5.91 Å². The van der Waals surface area contributed by atoms with Crippen molar-refractivity contribution in [3.05, 3.63) is 65.1 Å². The van der Waals surface area contributed by atoms with Crippen LogP contribution in [0.5, 0.6) is 0 Å². The molecule has 0 atom stereocenters. The number of rotatable bonds is 3. The van der Waals surface area contributed by atoms with E-state index in [1.165, 1.54) is 10.9 Å². The minimum atomic E-state index is -0.153. The quantitative estimate of drug-likeness (QED) is 0.774. The highest BCUT2D eigenvalue weighted by molar-refractivity contribution is 5.92. The van der Waals surface area contributed by atoms with Crippen LogP contribution in [0.3, 0.4) is 0 Å². The number of aromatic nitrogens is 2. The predicted molar refractivity (Wildman–Crippen MR) is 83.5 cm³/mol. The molecule has 4 heteroatoms. The van der Waals surface area contributed by atoms with Crippen molar-refractivity contribution in [3.8, 4) is 0 Å². The van der Waals surface area contributed by atoms with Gasteiger partial charge in [0, 0.05) is 36.3 Å². The molecule has 21 heavy (non-hydrogen) atoms. The highest BCUT2D eigenvalue weighted by Crippen LogP contribution is 2.20. The van der Waals surface area contributed by atoms with Crippen LogP contribution in [0.1, 0.15) is 27.3 Å². The number of hydrogen-bond donors (Lipinski definition) is 2. The van der Waals surface area contributed by atoms with Crippen molar-refractivity contribution >= 4 is 16.8 Å². The van der Waals surface area contributed by atoms with Gasteiger partial charge in [-0.25, -0.2) is 4.98 Å². The van der Waals surface area contributed by atoms with Crippen LogP contribution in [0.2, 0.25) is 0 Å². The van der Waals surface area contributed by atoms with Crippen molar-refractivity contribution in [1.29, 1.82) is 0 Å². The maximum atomic E-state index is 11.8. The highest BCUT2D eigenvalue weighted by atomic mass is 16.1. The molecular formula is C17H17N3O. The summed E-state index contributed by atoms with van der Waals surface area (Å²) in [4.78, 5) is 19.4. The summed E-state index contributed by atoms with van der Waals surface area (Å²) in [6, 6.07) is 12.1. The fraction of sp³-hybridized carbons (Fsp3) is 0.176. The second kappa shape index (κ2) is 5.40. The van der Waals surface area contributed by atoms with Crippen LogP contribution in [0.15, 0.2) is 42.6 Å². The van der Waals surface area contributed by atoms with E-state index in [1.807, 2.05) is 25.3 Å². The fourth-order valence-electron chi connectivity index (χ4n) is 2.57. The van der Waals surface area contributed by atoms with Crippen molar-refractivity contribution in [1.82, 2.24) is 15.3 Å². The number of pyridine rings is 1. The number of amides is 1. The first kappa shape index (κ1) is 13.4. The van der Waals surface area contributed by atoms with Crippen LogP contribution < -0.4 is 5.32 Å². The van der Waals surface area contributed by atoms with E-state index >= 15 is 0 Å². The van der Waals surface area contributed by atoms with Crippen molar-refractivity contribution in [2.75, 3.05) is 7.05 Å². The van der Waals surface area contributed by atoms with E-state index in [4.69, 9.17) is 0 Å². The Bertz CT molecular complexity index is 805. The number of nitrogens with zero attached hydrogens (tertiary/aromatic N) is 1. The summed E-state index contributed by atoms with van der Waals surface area (Å²) in [5.74, 6) is -0.153. The lowest BCUT2D eigenvalue weighted by atomic mass is 10.0. The van der Waals surface area contributed by atoms with Gasteiger partial charge in [-0.2, -0.15) is 0 Å². The molecule has 0 saturated heterocycles. The zero-order chi connectivity index (χ0) is 14.8. The molecule has 1 aromatic carbocycles. The molecule has 0 bridgehead atoms. The zero-order valence-corrected chi connectivity index (χ0v) is 12.1. The molecule has 106 valence electrons. The lowest BCUT2D eigenvalue weighted by molar-refractivity contribution is 0.0958. The molecule has 0 fully saturated rings. The van der Waals surface area contributed by atoms with Crippen molar-refractivity contribution in [2.24, 2.45) is 0 Å². The number of carbonyl (C=O) groups excluding carboxylic acids is 1. The van der Waals surface area contributed by atoms with Crippen LogP contribution in [-0.2, 0) is 6.42 Å². The SMILES string of the molecule is CNC(=O)c1cc(C)cc(Cc2cccc3[nH]ccc23)n1. The molecule has 3 aromatic rings. The van der Waals surface area contributed by atoms with E-state index in [-0.39, 0.29) is 5.91 Å². The van der Waals surface area contributed by atoms with Gasteiger partial charge in [-0.15, -0.1) is 0 Å². The Kier molecular flexibility index (Phi) is 3.44. The third kappa shape index (κ3) is 2.65. The average Bonchev–Trinajstić information content (AvgIpc) is 2.95. The maximum absolute atomic E-state index is 11.8. The molecule has 2 N–H and O–H groups in total. The van der Waals surface area contributed by atoms with E-state index in [2.05, 4.69) is 33.5 Å². The van der Waals surface area contributed by atoms with Crippen molar-refractivity contribution in [3.63, 3.8) is 0 Å². The third-order valence-corrected chi connectivity index (χ3v) is 3.54. The Hall–Kier alpha value is -2.62. The van der Waals surface area contributed by atoms with Gasteiger partial charge < -0.3 is 10.3 Å². The summed E-state index contributed by atoms with van der Waals surface area (Å²) >= 11 is 0. The second-order valence-corrected chi connectivity index (χ2v) is 5.13. The van der Waals surface area contributed by atoms with Crippen LogP contribution in [0.25, 0.3) is 10.9 Å². The molecular weight excluding hydrogens is 262 g/mol. The number of fused-ring (bicyclic) bond motifs is 1. The Labute approximate surface area is 123 Å². The number of carbonyl (C=O) groups is 1. The van der Waals surface area contributed by atoms with Gasteiger partial charge in [-0.1, -0.05) is 12.1 Å². The van der Waals surface area contributed by atoms with Crippen molar-refractivity contribution < 1.29 is 4.79 Å². The number of aryl methyl sites for hydroxylation is 1. The molecule has 0 aliphatic rings. The van der Waals surface area contributed by atoms with E-state index in [9.17, 15) is 4.79 Å². The zero-order valence-electron chi connectivity index (χ0n) is 12.1. The molecule has 4 nitrogen and oxygen atoms in total. The summed E-state index contributed by atoms with van der Waals surface area (Å²) < 4.78 is 0. The van der Waals surface area contributed by atoms with E-state index in [0.717, 1.165) is 16.8 Å². The molecule has 1 amide bonds. The standard InChI is InChI=1S/C17H17N3O/c1-11-8-13(20-16(9-11)17(21)18-2)10-12-4-3-5-15-14(12)6-7-19-15/h3-9,19H,10H2,1-2H3,(H,18,21). The Morgan fingerprint density at radius 3 is 2.95 bits per heavy atom. The third-order valence-electron chi connectivity index (χ3n) is 3.54. The van der Waals surface area contributed by atoms with Gasteiger partial charge in [0.15, 0.2) is 0 Å². The number of nitrogens with one attached hydrogen (secondary N) is 2. The van der Waals surface area contributed by atoms with Crippen molar-refractivity contribution in [2.45, 2.75) is 13.3 Å². The smallest absolute Gasteiger partial charge is 0.269 e. The molecule has 3 rings (SSSR count). The summed E-state index contributed by atoms with van der Waals surface area (Å²) in [5, 5.41) is 3.82. The predicted octanol–water partition coefficient (Wildman–Crippen LogP) is 2.82. The summed E-state index contributed by atoms with van der Waals surface area (Å²) in [7, 11) is 1.62. The minimum absolute atomic E-state index is 0.153. The number of aromatic amines is 1. The van der Waals surface area contributed by atoms with E-state index < -0.39 is 0 Å². The lowest BCUT2D eigenvalue weighted by Gasteiger charge is -2.07. The first-order chi connectivity index (χ1) is 10.2. The monoisotopic (exact) mass is 279 g/mol. The Balaban J connectivity index is 2.00. The molecule has 0 radical (unpaired) electrons. The summed E-state index contributed by atoms with van der Waals surface area (Å²) in [6.07, 6.45) is 2.65. The van der Waals surface area contributed by atoms with Gasteiger partial charge in [0.2, 0.25) is 0 Å². The molecule has 0 aliphatic heterocycles. The maximum Gasteiger partial charge on any atom is 0.269 e. The van der Waals surface area contributed by atoms with Gasteiger partial charge >= 0.3 is 0 Å². The van der Waals surface area contributed by atoms with Gasteiger partial charge in [-0.05, 0) is 42.3 Å². The molecule has 0 spiro atoms. The first-order valence-electron chi connectivity index (χ1n) is 6.92. The van der Waals surface area contributed by atoms with E-state index in [0.29, 0.717) is 12.1 Å². The topological polar surface area (TPSA) is 57.8 Å². The van der Waals surface area contributed by atoms with Crippen LogP contribution in [0, 0.1) is 6.92 Å². The lowest BCUT2D eigenvalue weighted by Crippen LogP contribution is -2.20. The van der Waals surface area contributed by atoms with Gasteiger partial charge in [-0.3, -0.25) is 4.79 Å². The Morgan fingerprint density at radius 1 is 1.29 bits per heavy atom. The number of hydrogen-bond acceptors (Lipinski definition) is 2. The summed E-state index contributed by atoms with van der Waals surface area (Å²) in [5.41, 5.74) is 4.73. The molecule has 0 saturated carbocycles. The first-order valence-corrected chi connectivity index (χ1v) is 6.92. The number of benzene rings is 1. The molecule has 0 aliphatic carbocycles. The van der Waals surface area contributed by atoms with E-state index in [1.54, 1.807) is 13.1 Å². The van der Waals surface area contributed by atoms with Gasteiger partial charge in [0.05, 0.1) is 0 Å². The fourth-order valence-corrected chi connectivity index (χ4v) is 2.57. The summed E-state index contributed by atoms with van der Waals surface area (Å²) in [6.45, 7) is 1.98. The minimum Gasteiger partial charge on any atom is -0.361 e. The molecule has 2 heterocycles. The number of H-pyrrole nitrogens is 1. The van der Waals surface area contributed by atoms with Gasteiger partial charge in [0.1, 0.15) is 5.69 Å². The second-order valence-electron chi connectivity index (χ2n) is 5.13. The van der Waals surface area contributed by atoms with Crippen LogP contribution >= 0.6 is 0 Å². The van der Waals surface area contributed by atoms with Crippen LogP contribution in [0.4, 0.5) is 0 Å². The molecule has 2 aromatic heterocycles. The highest BCUT2D eigenvalue weighted by Gasteiger charge is 2.09. The average molecular weight is 279 g/mol. The molecule has 0 unspecified atom stereocenters. The normalized spacial score (nSPS) is 10.8.